The van der Waals surface area contributed by atoms with Crippen LogP contribution in [-0.4, -0.2) is 50.7 Å². The zero-order valence-electron chi connectivity index (χ0n) is 13.2. The van der Waals surface area contributed by atoms with Crippen molar-refractivity contribution in [3.8, 4) is 0 Å². The number of hydrogen-bond acceptors (Lipinski definition) is 4. The normalized spacial score (nSPS) is 17.6. The van der Waals surface area contributed by atoms with E-state index in [-0.39, 0.29) is 24.4 Å². The van der Waals surface area contributed by atoms with Crippen LogP contribution in [0.2, 0.25) is 0 Å². The molecule has 5 nitrogen and oxygen atoms in total. The SMILES string of the molecule is CCCN(C(=O)c1ccc(S(=O)(=O)C(F)F)cc1)C1CCNC1.Cl. The summed E-state index contributed by atoms with van der Waals surface area (Å²) in [5.74, 6) is -3.67. The van der Waals surface area contributed by atoms with Crippen LogP contribution in [0.1, 0.15) is 30.1 Å². The van der Waals surface area contributed by atoms with Crippen LogP contribution >= 0.6 is 12.4 Å². The minimum absolute atomic E-state index is 0. The van der Waals surface area contributed by atoms with Crippen molar-refractivity contribution >= 4 is 28.2 Å². The van der Waals surface area contributed by atoms with Gasteiger partial charge in [-0.25, -0.2) is 8.42 Å². The van der Waals surface area contributed by atoms with Crippen LogP contribution in [-0.2, 0) is 9.84 Å². The van der Waals surface area contributed by atoms with Crippen molar-refractivity contribution in [2.45, 2.75) is 36.5 Å². The number of alkyl halides is 2. The predicted octanol–water partition coefficient (Wildman–Crippen LogP) is 2.32. The third-order valence-corrected chi connectivity index (χ3v) is 5.26. The lowest BCUT2D eigenvalue weighted by Crippen LogP contribution is -2.42. The van der Waals surface area contributed by atoms with Gasteiger partial charge in [-0.05, 0) is 43.7 Å². The summed E-state index contributed by atoms with van der Waals surface area (Å²) in [6.45, 7) is 4.15. The number of amides is 1. The molecule has 1 saturated heterocycles. The highest BCUT2D eigenvalue weighted by Crippen LogP contribution is 2.20. The van der Waals surface area contributed by atoms with E-state index in [1.807, 2.05) is 6.92 Å². The number of halogens is 3. The van der Waals surface area contributed by atoms with E-state index in [4.69, 9.17) is 0 Å². The first-order valence-electron chi connectivity index (χ1n) is 7.51. The van der Waals surface area contributed by atoms with Gasteiger partial charge in [-0.3, -0.25) is 4.79 Å². The molecule has 0 saturated carbocycles. The molecule has 2 rings (SSSR count). The highest BCUT2D eigenvalue weighted by molar-refractivity contribution is 7.91. The van der Waals surface area contributed by atoms with E-state index in [2.05, 4.69) is 5.32 Å². The fourth-order valence-electron chi connectivity index (χ4n) is 2.65. The van der Waals surface area contributed by atoms with Crippen LogP contribution in [0.3, 0.4) is 0 Å². The van der Waals surface area contributed by atoms with Gasteiger partial charge in [0.1, 0.15) is 0 Å². The van der Waals surface area contributed by atoms with Crippen LogP contribution in [0.5, 0.6) is 0 Å². The zero-order valence-corrected chi connectivity index (χ0v) is 14.9. The van der Waals surface area contributed by atoms with Gasteiger partial charge in [-0.2, -0.15) is 8.78 Å². The van der Waals surface area contributed by atoms with Gasteiger partial charge in [0, 0.05) is 24.7 Å². The van der Waals surface area contributed by atoms with Crippen molar-refractivity contribution in [3.63, 3.8) is 0 Å². The topological polar surface area (TPSA) is 66.5 Å². The van der Waals surface area contributed by atoms with Crippen molar-refractivity contribution in [2.75, 3.05) is 19.6 Å². The fraction of sp³-hybridized carbons (Fsp3) is 0.533. The first kappa shape index (κ1) is 20.8. The lowest BCUT2D eigenvalue weighted by atomic mass is 10.1. The van der Waals surface area contributed by atoms with Crippen LogP contribution < -0.4 is 5.32 Å². The molecule has 1 aliphatic heterocycles. The summed E-state index contributed by atoms with van der Waals surface area (Å²) in [6.07, 6.45) is 1.67. The molecule has 1 aromatic carbocycles. The Morgan fingerprint density at radius 2 is 1.96 bits per heavy atom. The van der Waals surface area contributed by atoms with E-state index in [1.54, 1.807) is 4.90 Å². The van der Waals surface area contributed by atoms with Gasteiger partial charge in [0.05, 0.1) is 4.90 Å². The Balaban J connectivity index is 0.00000288. The molecular formula is C15H21ClF2N2O3S. The quantitative estimate of drug-likeness (QED) is 0.820. The highest BCUT2D eigenvalue weighted by Gasteiger charge is 2.29. The third-order valence-electron chi connectivity index (χ3n) is 3.86. The zero-order chi connectivity index (χ0) is 17.0. The monoisotopic (exact) mass is 382 g/mol. The van der Waals surface area contributed by atoms with Crippen LogP contribution in [0.4, 0.5) is 8.78 Å². The van der Waals surface area contributed by atoms with Crippen molar-refractivity contribution in [2.24, 2.45) is 0 Å². The number of benzene rings is 1. The van der Waals surface area contributed by atoms with Crippen LogP contribution in [0.15, 0.2) is 29.2 Å². The maximum Gasteiger partial charge on any atom is 0.341 e. The van der Waals surface area contributed by atoms with E-state index < -0.39 is 20.5 Å². The van der Waals surface area contributed by atoms with E-state index in [0.717, 1.165) is 38.1 Å². The third kappa shape index (κ3) is 4.43. The minimum Gasteiger partial charge on any atom is -0.334 e. The Morgan fingerprint density at radius 1 is 1.33 bits per heavy atom. The maximum absolute atomic E-state index is 12.6. The van der Waals surface area contributed by atoms with Gasteiger partial charge >= 0.3 is 5.76 Å². The van der Waals surface area contributed by atoms with Gasteiger partial charge in [-0.15, -0.1) is 12.4 Å². The average Bonchev–Trinajstić information content (AvgIpc) is 3.06. The summed E-state index contributed by atoms with van der Waals surface area (Å²) in [4.78, 5) is 13.9. The standard InChI is InChI=1S/C15H20F2N2O3S.ClH/c1-2-9-19(12-7-8-18-10-12)14(20)11-3-5-13(6-4-11)23(21,22)15(16)17;/h3-6,12,15,18H,2,7-10H2,1H3;1H. The lowest BCUT2D eigenvalue weighted by Gasteiger charge is -2.28. The molecule has 9 heteroatoms. The molecule has 1 N–H and O–H groups in total. The molecule has 24 heavy (non-hydrogen) atoms. The summed E-state index contributed by atoms with van der Waals surface area (Å²) in [5.41, 5.74) is 0.304. The van der Waals surface area contributed by atoms with Crippen molar-refractivity contribution in [1.82, 2.24) is 10.2 Å². The second-order valence-electron chi connectivity index (χ2n) is 5.48. The smallest absolute Gasteiger partial charge is 0.334 e. The average molecular weight is 383 g/mol. The van der Waals surface area contributed by atoms with Crippen LogP contribution in [0, 0.1) is 0 Å². The second-order valence-corrected chi connectivity index (χ2v) is 7.39. The van der Waals surface area contributed by atoms with Gasteiger partial charge < -0.3 is 10.2 Å². The highest BCUT2D eigenvalue weighted by atomic mass is 35.5. The fourth-order valence-corrected chi connectivity index (χ4v) is 3.37. The summed E-state index contributed by atoms with van der Waals surface area (Å²) < 4.78 is 47.9. The van der Waals surface area contributed by atoms with E-state index >= 15 is 0 Å². The minimum atomic E-state index is -4.63. The Bertz CT molecular complexity index is 647. The van der Waals surface area contributed by atoms with Crippen LogP contribution in [0.25, 0.3) is 0 Å². The number of sulfone groups is 1. The summed E-state index contributed by atoms with van der Waals surface area (Å²) in [6, 6.07) is 4.81. The summed E-state index contributed by atoms with van der Waals surface area (Å²) in [5, 5.41) is 3.20. The molecule has 1 fully saturated rings. The largest absolute Gasteiger partial charge is 0.341 e. The molecule has 1 atom stereocenters. The maximum atomic E-state index is 12.6. The molecule has 1 aliphatic rings. The van der Waals surface area contributed by atoms with Gasteiger partial charge in [0.25, 0.3) is 5.91 Å². The second kappa shape index (κ2) is 8.73. The first-order valence-corrected chi connectivity index (χ1v) is 9.06. The predicted molar refractivity (Wildman–Crippen MR) is 89.5 cm³/mol. The number of nitrogens with zero attached hydrogens (tertiary/aromatic N) is 1. The van der Waals surface area contributed by atoms with E-state index in [1.165, 1.54) is 12.1 Å². The van der Waals surface area contributed by atoms with E-state index in [0.29, 0.717) is 12.1 Å². The van der Waals surface area contributed by atoms with Crippen molar-refractivity contribution in [1.29, 1.82) is 0 Å². The molecule has 1 heterocycles. The summed E-state index contributed by atoms with van der Waals surface area (Å²) >= 11 is 0. The summed E-state index contributed by atoms with van der Waals surface area (Å²) in [7, 11) is -4.63. The number of carbonyl (C=O) groups excluding carboxylic acids is 1. The number of nitrogens with one attached hydrogen (secondary N) is 1. The molecule has 0 aromatic heterocycles. The Morgan fingerprint density at radius 3 is 2.42 bits per heavy atom. The molecule has 1 aromatic rings. The molecule has 1 unspecified atom stereocenters. The molecule has 0 bridgehead atoms. The molecule has 1 amide bonds. The number of hydrogen-bond donors (Lipinski definition) is 1. The molecule has 136 valence electrons. The van der Waals surface area contributed by atoms with Crippen molar-refractivity contribution < 1.29 is 22.0 Å². The molecule has 0 spiro atoms. The van der Waals surface area contributed by atoms with Gasteiger partial charge in [-0.1, -0.05) is 6.92 Å². The lowest BCUT2D eigenvalue weighted by molar-refractivity contribution is 0.0692. The van der Waals surface area contributed by atoms with Gasteiger partial charge in [0.2, 0.25) is 9.84 Å². The number of rotatable bonds is 6. The number of carbonyl (C=O) groups is 1. The Kier molecular flexibility index (Phi) is 7.56. The molecule has 0 aliphatic carbocycles. The Labute approximate surface area is 146 Å². The Hall–Kier alpha value is -1.25. The first-order chi connectivity index (χ1) is 10.9. The van der Waals surface area contributed by atoms with Gasteiger partial charge in [0.15, 0.2) is 0 Å². The van der Waals surface area contributed by atoms with Crippen molar-refractivity contribution in [3.05, 3.63) is 29.8 Å². The molecule has 0 radical (unpaired) electrons. The molecular weight excluding hydrogens is 362 g/mol. The van der Waals surface area contributed by atoms with E-state index in [9.17, 15) is 22.0 Å².